The number of aromatic nitrogens is 1. The molecule has 1 aromatic heterocycles. The summed E-state index contributed by atoms with van der Waals surface area (Å²) >= 11 is 6.52. The van der Waals surface area contributed by atoms with Crippen LogP contribution in [0.4, 0.5) is 0 Å². The fourth-order valence-electron chi connectivity index (χ4n) is 4.78. The van der Waals surface area contributed by atoms with Crippen molar-refractivity contribution in [2.75, 3.05) is 14.1 Å². The largest absolute Gasteiger partial charge is 0.383 e. The van der Waals surface area contributed by atoms with Crippen molar-refractivity contribution in [1.82, 2.24) is 14.8 Å². The minimum Gasteiger partial charge on any atom is -0.383 e. The average Bonchev–Trinajstić information content (AvgIpc) is 3.14. The summed E-state index contributed by atoms with van der Waals surface area (Å²) in [5.74, 6) is -0.691. The molecule has 0 saturated carbocycles. The lowest BCUT2D eigenvalue weighted by atomic mass is 10.0. The maximum Gasteiger partial charge on any atom is 0.253 e. The fourth-order valence-corrected chi connectivity index (χ4v) is 5.05. The molecule has 1 unspecified atom stereocenters. The van der Waals surface area contributed by atoms with Gasteiger partial charge in [-0.1, -0.05) is 29.3 Å². The third-order valence-electron chi connectivity index (χ3n) is 6.34. The molecule has 4 rings (SSSR count). The Hall–Kier alpha value is -3.84. The molecular weight excluding hydrogens is 476 g/mol. The SMILES string of the molecule is Cc1ccc2c(c1)c(C(N)=O)c1n2CC(NC(=O)c2ccc(C(/C=C\C=O)=C/N(C)C)cc2Cl)CC1. The highest BCUT2D eigenvalue weighted by Crippen LogP contribution is 2.32. The second-order valence-corrected chi connectivity index (χ2v) is 9.67. The number of aldehydes is 1. The van der Waals surface area contributed by atoms with Crippen LogP contribution in [0, 0.1) is 6.92 Å². The molecule has 36 heavy (non-hydrogen) atoms. The topological polar surface area (TPSA) is 97.4 Å². The molecule has 7 nitrogen and oxygen atoms in total. The summed E-state index contributed by atoms with van der Waals surface area (Å²) in [6, 6.07) is 11.1. The second kappa shape index (κ2) is 10.4. The average molecular weight is 505 g/mol. The van der Waals surface area contributed by atoms with Gasteiger partial charge in [-0.2, -0.15) is 0 Å². The molecule has 2 heterocycles. The third kappa shape index (κ3) is 5.06. The summed E-state index contributed by atoms with van der Waals surface area (Å²) in [6.07, 6.45) is 7.01. The van der Waals surface area contributed by atoms with Crippen LogP contribution in [0.5, 0.6) is 0 Å². The van der Waals surface area contributed by atoms with Gasteiger partial charge in [0.2, 0.25) is 0 Å². The van der Waals surface area contributed by atoms with E-state index in [0.717, 1.165) is 33.3 Å². The highest BCUT2D eigenvalue weighted by molar-refractivity contribution is 6.34. The standard InChI is InChI=1S/C28H29ClN4O3/c1-17-6-10-24-22(13-17)26(27(30)35)25-11-8-20(16-33(24)25)31-28(36)21-9-7-18(14-23(21)29)19(5-4-12-34)15-32(2)3/h4-7,9-10,12-15,20H,8,11,16H2,1-3H3,(H2,30,35)(H,31,36)/b5-4-,19-15+. The number of benzene rings is 2. The smallest absolute Gasteiger partial charge is 0.253 e. The number of hydrogen-bond donors (Lipinski definition) is 2. The van der Waals surface area contributed by atoms with Crippen LogP contribution in [0.15, 0.2) is 54.8 Å². The van der Waals surface area contributed by atoms with E-state index in [-0.39, 0.29) is 11.9 Å². The number of carbonyl (C=O) groups is 3. The van der Waals surface area contributed by atoms with Gasteiger partial charge >= 0.3 is 0 Å². The number of rotatable bonds is 7. The number of nitrogens with one attached hydrogen (secondary N) is 1. The first-order valence-corrected chi connectivity index (χ1v) is 12.1. The van der Waals surface area contributed by atoms with E-state index in [4.69, 9.17) is 17.3 Å². The lowest BCUT2D eigenvalue weighted by molar-refractivity contribution is -0.104. The van der Waals surface area contributed by atoms with Gasteiger partial charge in [0, 0.05) is 49.5 Å². The minimum atomic E-state index is -0.431. The highest BCUT2D eigenvalue weighted by Gasteiger charge is 2.28. The van der Waals surface area contributed by atoms with Crippen molar-refractivity contribution in [3.05, 3.63) is 87.7 Å². The van der Waals surface area contributed by atoms with Crippen molar-refractivity contribution in [3.8, 4) is 0 Å². The maximum absolute atomic E-state index is 13.1. The Labute approximate surface area is 215 Å². The van der Waals surface area contributed by atoms with E-state index >= 15 is 0 Å². The second-order valence-electron chi connectivity index (χ2n) is 9.26. The summed E-state index contributed by atoms with van der Waals surface area (Å²) < 4.78 is 2.09. The highest BCUT2D eigenvalue weighted by atomic mass is 35.5. The van der Waals surface area contributed by atoms with E-state index in [2.05, 4.69) is 9.88 Å². The van der Waals surface area contributed by atoms with Crippen molar-refractivity contribution < 1.29 is 14.4 Å². The van der Waals surface area contributed by atoms with Crippen LogP contribution in [0.25, 0.3) is 16.5 Å². The Morgan fingerprint density at radius 3 is 2.64 bits per heavy atom. The first-order valence-electron chi connectivity index (χ1n) is 11.7. The number of carbonyl (C=O) groups excluding carboxylic acids is 3. The van der Waals surface area contributed by atoms with Crippen molar-refractivity contribution in [2.24, 2.45) is 5.73 Å². The lowest BCUT2D eigenvalue weighted by Crippen LogP contribution is -2.41. The van der Waals surface area contributed by atoms with E-state index in [1.165, 1.54) is 6.08 Å². The number of fused-ring (bicyclic) bond motifs is 3. The molecular formula is C28H29ClN4O3. The van der Waals surface area contributed by atoms with Crippen molar-refractivity contribution in [2.45, 2.75) is 32.4 Å². The minimum absolute atomic E-state index is 0.127. The van der Waals surface area contributed by atoms with Crippen molar-refractivity contribution in [3.63, 3.8) is 0 Å². The first kappa shape index (κ1) is 25.3. The number of amides is 2. The molecule has 1 aliphatic heterocycles. The van der Waals surface area contributed by atoms with Crippen molar-refractivity contribution in [1.29, 1.82) is 0 Å². The normalized spacial score (nSPS) is 15.7. The number of allylic oxidation sites excluding steroid dienone is 3. The molecule has 0 saturated heterocycles. The number of nitrogens with two attached hydrogens (primary N) is 1. The number of halogens is 1. The summed E-state index contributed by atoms with van der Waals surface area (Å²) in [4.78, 5) is 38.0. The van der Waals surface area contributed by atoms with Gasteiger partial charge in [0.1, 0.15) is 6.29 Å². The van der Waals surface area contributed by atoms with E-state index in [0.29, 0.717) is 41.8 Å². The van der Waals surface area contributed by atoms with Gasteiger partial charge in [0.05, 0.1) is 16.1 Å². The maximum atomic E-state index is 13.1. The van der Waals surface area contributed by atoms with Gasteiger partial charge in [0.15, 0.2) is 0 Å². The zero-order chi connectivity index (χ0) is 26.0. The molecule has 186 valence electrons. The zero-order valence-corrected chi connectivity index (χ0v) is 21.3. The number of aryl methyl sites for hydroxylation is 1. The van der Waals surface area contributed by atoms with Crippen molar-refractivity contribution >= 4 is 46.2 Å². The molecule has 1 aliphatic rings. The molecule has 0 bridgehead atoms. The number of hydrogen-bond acceptors (Lipinski definition) is 4. The first-order chi connectivity index (χ1) is 17.2. The summed E-state index contributed by atoms with van der Waals surface area (Å²) in [6.45, 7) is 2.52. The molecule has 3 aromatic rings. The molecule has 3 N–H and O–H groups in total. The van der Waals surface area contributed by atoms with Crippen LogP contribution in [0.2, 0.25) is 5.02 Å². The Balaban J connectivity index is 1.57. The Bertz CT molecular complexity index is 1420. The molecule has 0 aliphatic carbocycles. The predicted molar refractivity (Wildman–Crippen MR) is 143 cm³/mol. The van der Waals surface area contributed by atoms with Gasteiger partial charge in [0.25, 0.3) is 11.8 Å². The van der Waals surface area contributed by atoms with Crippen LogP contribution in [0.1, 0.15) is 44.0 Å². The van der Waals surface area contributed by atoms with E-state index in [1.807, 2.05) is 56.4 Å². The quantitative estimate of drug-likeness (QED) is 0.287. The van der Waals surface area contributed by atoms with E-state index in [9.17, 15) is 14.4 Å². The van der Waals surface area contributed by atoms with Gasteiger partial charge in [-0.05, 0) is 67.3 Å². The molecule has 8 heteroatoms. The molecule has 0 radical (unpaired) electrons. The number of nitrogens with zero attached hydrogens (tertiary/aromatic N) is 2. The zero-order valence-electron chi connectivity index (χ0n) is 20.5. The summed E-state index contributed by atoms with van der Waals surface area (Å²) in [5.41, 5.74) is 11.2. The van der Waals surface area contributed by atoms with Crippen LogP contribution in [-0.2, 0) is 17.8 Å². The number of primary amides is 1. The van der Waals surface area contributed by atoms with Gasteiger partial charge in [-0.25, -0.2) is 0 Å². The fraction of sp³-hybridized carbons (Fsp3) is 0.250. The Morgan fingerprint density at radius 2 is 1.97 bits per heavy atom. The predicted octanol–water partition coefficient (Wildman–Crippen LogP) is 4.10. The summed E-state index contributed by atoms with van der Waals surface area (Å²) in [5, 5.41) is 4.28. The molecule has 0 fully saturated rings. The monoisotopic (exact) mass is 504 g/mol. The Kier molecular flexibility index (Phi) is 7.31. The van der Waals surface area contributed by atoms with Crippen LogP contribution in [-0.4, -0.2) is 47.7 Å². The summed E-state index contributed by atoms with van der Waals surface area (Å²) in [7, 11) is 3.77. The Morgan fingerprint density at radius 1 is 1.19 bits per heavy atom. The molecule has 2 amide bonds. The van der Waals surface area contributed by atoms with Gasteiger partial charge in [-0.15, -0.1) is 0 Å². The van der Waals surface area contributed by atoms with Gasteiger partial charge < -0.3 is 20.5 Å². The molecule has 0 spiro atoms. The van der Waals surface area contributed by atoms with Crippen LogP contribution < -0.4 is 11.1 Å². The molecule has 2 aromatic carbocycles. The third-order valence-corrected chi connectivity index (χ3v) is 6.65. The van der Waals surface area contributed by atoms with E-state index < -0.39 is 5.91 Å². The van der Waals surface area contributed by atoms with Crippen LogP contribution >= 0.6 is 11.6 Å². The molecule has 1 atom stereocenters. The lowest BCUT2D eigenvalue weighted by Gasteiger charge is -2.27. The van der Waals surface area contributed by atoms with E-state index in [1.54, 1.807) is 18.2 Å². The van der Waals surface area contributed by atoms with Crippen LogP contribution in [0.3, 0.4) is 0 Å². The van der Waals surface area contributed by atoms with Gasteiger partial charge in [-0.3, -0.25) is 14.4 Å².